The summed E-state index contributed by atoms with van der Waals surface area (Å²) in [5, 5.41) is 9.05. The predicted octanol–water partition coefficient (Wildman–Crippen LogP) is -1.15. The van der Waals surface area contributed by atoms with E-state index in [0.29, 0.717) is 0 Å². The van der Waals surface area contributed by atoms with Crippen molar-refractivity contribution < 1.29 is 0 Å². The summed E-state index contributed by atoms with van der Waals surface area (Å²) in [6.07, 6.45) is 2.96. The normalized spacial score (nSPS) is 14.4. The van der Waals surface area contributed by atoms with Crippen LogP contribution in [0.15, 0.2) is 4.99 Å². The largest absolute Gasteiger partial charge is 0.376 e. The minimum atomic E-state index is -0.333. The summed E-state index contributed by atoms with van der Waals surface area (Å²) in [7, 11) is 0. The third kappa shape index (κ3) is 9.88. The Kier molecular flexibility index (Phi) is 5.13. The summed E-state index contributed by atoms with van der Waals surface area (Å²) in [6, 6.07) is 0. The molecule has 0 aromatic heterocycles. The van der Waals surface area contributed by atoms with Crippen molar-refractivity contribution in [2.45, 2.75) is 6.42 Å². The van der Waals surface area contributed by atoms with Crippen LogP contribution in [0.2, 0.25) is 0 Å². The maximum absolute atomic E-state index is 6.06. The van der Waals surface area contributed by atoms with Crippen molar-refractivity contribution in [2.75, 3.05) is 13.1 Å². The van der Waals surface area contributed by atoms with Crippen LogP contribution >= 0.6 is 0 Å². The topological polar surface area (TPSA) is 100 Å². The van der Waals surface area contributed by atoms with Gasteiger partial charge in [0.1, 0.15) is 0 Å². The van der Waals surface area contributed by atoms with Crippen LogP contribution in [0.5, 0.6) is 0 Å². The number of nitrogens with two attached hydrogens (primary N) is 2. The average Bonchev–Trinajstić information content (AvgIpc) is 1.90. The van der Waals surface area contributed by atoms with Crippen LogP contribution in [0.3, 0.4) is 0 Å². The molecule has 0 atom stereocenters. The second-order valence-corrected chi connectivity index (χ2v) is 1.80. The lowest BCUT2D eigenvalue weighted by atomic mass is 10.4. The molecule has 1 aliphatic rings. The first-order valence-electron chi connectivity index (χ1n) is 3.04. The van der Waals surface area contributed by atoms with Gasteiger partial charge in [0, 0.05) is 13.1 Å². The van der Waals surface area contributed by atoms with Crippen LogP contribution in [0.4, 0.5) is 0 Å². The van der Waals surface area contributed by atoms with Crippen molar-refractivity contribution >= 4 is 12.3 Å². The molecule has 0 aromatic carbocycles. The van der Waals surface area contributed by atoms with Crippen LogP contribution < -0.4 is 16.8 Å². The Labute approximate surface area is 60.0 Å². The molecule has 58 valence electrons. The lowest BCUT2D eigenvalue weighted by molar-refractivity contribution is 0.755. The molecule has 0 saturated heterocycles. The van der Waals surface area contributed by atoms with E-state index in [1.165, 1.54) is 6.42 Å². The van der Waals surface area contributed by atoms with Crippen molar-refractivity contribution in [2.24, 2.45) is 16.5 Å². The van der Waals surface area contributed by atoms with Gasteiger partial charge in [-0.25, -0.2) is 0 Å². The summed E-state index contributed by atoms with van der Waals surface area (Å²) < 4.78 is 0. The summed E-state index contributed by atoms with van der Waals surface area (Å²) >= 11 is 0. The number of guanidine groups is 1. The molecule has 0 radical (unpaired) electrons. The molecule has 1 aliphatic heterocycles. The summed E-state index contributed by atoms with van der Waals surface area (Å²) in [5.41, 5.74) is 8.94. The standard InChI is InChI=1S/C4H8N2.CH5N3/c1-2-5-4-6-3-1;2-1(3)4/h4H,1-3H2,(H,5,6);(H5,2,3,4). The first-order valence-corrected chi connectivity index (χ1v) is 3.04. The lowest BCUT2D eigenvalue weighted by Crippen LogP contribution is -2.20. The van der Waals surface area contributed by atoms with Crippen molar-refractivity contribution in [3.8, 4) is 0 Å². The van der Waals surface area contributed by atoms with Crippen molar-refractivity contribution in [1.82, 2.24) is 5.32 Å². The number of nitrogens with zero attached hydrogens (tertiary/aromatic N) is 1. The summed E-state index contributed by atoms with van der Waals surface area (Å²) in [5.74, 6) is -0.333. The van der Waals surface area contributed by atoms with Gasteiger partial charge in [-0.15, -0.1) is 0 Å². The van der Waals surface area contributed by atoms with E-state index in [-0.39, 0.29) is 5.96 Å². The minimum absolute atomic E-state index is 0.333. The van der Waals surface area contributed by atoms with E-state index in [4.69, 9.17) is 5.41 Å². The molecule has 1 heterocycles. The van der Waals surface area contributed by atoms with Crippen LogP contribution in [-0.4, -0.2) is 25.4 Å². The van der Waals surface area contributed by atoms with Gasteiger partial charge < -0.3 is 16.8 Å². The second-order valence-electron chi connectivity index (χ2n) is 1.80. The average molecular weight is 143 g/mol. The quantitative estimate of drug-likeness (QED) is 0.254. The van der Waals surface area contributed by atoms with Gasteiger partial charge in [-0.3, -0.25) is 10.4 Å². The molecule has 0 aromatic rings. The van der Waals surface area contributed by atoms with Crippen LogP contribution in [0, 0.1) is 5.41 Å². The van der Waals surface area contributed by atoms with E-state index in [2.05, 4.69) is 21.8 Å². The number of rotatable bonds is 0. The monoisotopic (exact) mass is 143 g/mol. The minimum Gasteiger partial charge on any atom is -0.376 e. The number of aliphatic imine (C=N–C) groups is 1. The highest BCUT2D eigenvalue weighted by Crippen LogP contribution is 1.79. The van der Waals surface area contributed by atoms with Crippen molar-refractivity contribution in [1.29, 1.82) is 5.41 Å². The Bertz CT molecular complexity index is 107. The maximum Gasteiger partial charge on any atom is 0.183 e. The fraction of sp³-hybridized carbons (Fsp3) is 0.600. The Morgan fingerprint density at radius 3 is 2.30 bits per heavy atom. The molecule has 0 amide bonds. The highest BCUT2D eigenvalue weighted by atomic mass is 15.0. The summed E-state index contributed by atoms with van der Waals surface area (Å²) in [4.78, 5) is 3.94. The van der Waals surface area contributed by atoms with E-state index in [1.807, 2.05) is 0 Å². The van der Waals surface area contributed by atoms with E-state index in [1.54, 1.807) is 6.34 Å². The molecule has 0 fully saturated rings. The highest BCUT2D eigenvalue weighted by Gasteiger charge is 1.85. The van der Waals surface area contributed by atoms with Crippen molar-refractivity contribution in [3.05, 3.63) is 0 Å². The first kappa shape index (κ1) is 8.74. The Morgan fingerprint density at radius 2 is 2.20 bits per heavy atom. The van der Waals surface area contributed by atoms with Gasteiger partial charge in [-0.1, -0.05) is 0 Å². The fourth-order valence-corrected chi connectivity index (χ4v) is 0.466. The SMILES string of the molecule is C1=NCCCN1.N=C(N)N. The molecule has 5 heteroatoms. The Morgan fingerprint density at radius 1 is 1.60 bits per heavy atom. The van der Waals surface area contributed by atoms with E-state index in [0.717, 1.165) is 13.1 Å². The Hall–Kier alpha value is -1.26. The molecule has 10 heavy (non-hydrogen) atoms. The van der Waals surface area contributed by atoms with Gasteiger partial charge in [0.05, 0.1) is 6.34 Å². The lowest BCUT2D eigenvalue weighted by Gasteiger charge is -2.01. The summed E-state index contributed by atoms with van der Waals surface area (Å²) in [6.45, 7) is 2.11. The third-order valence-electron chi connectivity index (χ3n) is 0.791. The third-order valence-corrected chi connectivity index (χ3v) is 0.791. The van der Waals surface area contributed by atoms with Crippen molar-refractivity contribution in [3.63, 3.8) is 0 Å². The Balaban J connectivity index is 0.000000180. The van der Waals surface area contributed by atoms with Gasteiger partial charge in [0.15, 0.2) is 5.96 Å². The number of hydrogen-bond donors (Lipinski definition) is 4. The molecular weight excluding hydrogens is 130 g/mol. The zero-order valence-electron chi connectivity index (χ0n) is 5.80. The van der Waals surface area contributed by atoms with Gasteiger partial charge in [-0.2, -0.15) is 0 Å². The predicted molar refractivity (Wildman–Crippen MR) is 42.1 cm³/mol. The van der Waals surface area contributed by atoms with Crippen LogP contribution in [-0.2, 0) is 0 Å². The van der Waals surface area contributed by atoms with Gasteiger partial charge >= 0.3 is 0 Å². The molecule has 1 rings (SSSR count). The highest BCUT2D eigenvalue weighted by molar-refractivity contribution is 5.71. The van der Waals surface area contributed by atoms with Crippen LogP contribution in [0.1, 0.15) is 6.42 Å². The molecule has 0 spiro atoms. The molecular formula is C5H13N5. The number of hydrogen-bond acceptors (Lipinski definition) is 3. The van der Waals surface area contributed by atoms with E-state index >= 15 is 0 Å². The van der Waals surface area contributed by atoms with Gasteiger partial charge in [-0.05, 0) is 6.42 Å². The molecule has 0 aliphatic carbocycles. The van der Waals surface area contributed by atoms with E-state index in [9.17, 15) is 0 Å². The molecule has 0 saturated carbocycles. The van der Waals surface area contributed by atoms with E-state index < -0.39 is 0 Å². The number of nitrogens with one attached hydrogen (secondary N) is 2. The van der Waals surface area contributed by atoms with Crippen LogP contribution in [0.25, 0.3) is 0 Å². The zero-order valence-corrected chi connectivity index (χ0v) is 5.80. The molecule has 0 bridgehead atoms. The zero-order chi connectivity index (χ0) is 7.82. The first-order chi connectivity index (χ1) is 4.73. The van der Waals surface area contributed by atoms with Gasteiger partial charge in [0.2, 0.25) is 0 Å². The molecule has 5 nitrogen and oxygen atoms in total. The van der Waals surface area contributed by atoms with Gasteiger partial charge in [0.25, 0.3) is 0 Å². The second kappa shape index (κ2) is 5.87. The molecule has 0 unspecified atom stereocenters. The fourth-order valence-electron chi connectivity index (χ4n) is 0.466. The molecule has 6 N–H and O–H groups in total. The smallest absolute Gasteiger partial charge is 0.183 e. The maximum atomic E-state index is 6.06.